The molecule has 24 heavy (non-hydrogen) atoms. The Labute approximate surface area is 142 Å². The summed E-state index contributed by atoms with van der Waals surface area (Å²) in [5, 5.41) is 12.2. The van der Waals surface area contributed by atoms with Gasteiger partial charge >= 0.3 is 0 Å². The highest BCUT2D eigenvalue weighted by molar-refractivity contribution is 6.07. The van der Waals surface area contributed by atoms with Gasteiger partial charge in [-0.3, -0.25) is 4.79 Å². The van der Waals surface area contributed by atoms with Gasteiger partial charge in [-0.15, -0.1) is 0 Å². The zero-order valence-electron chi connectivity index (χ0n) is 13.6. The molecule has 0 aromatic heterocycles. The van der Waals surface area contributed by atoms with E-state index < -0.39 is 0 Å². The number of benzene rings is 2. The Kier molecular flexibility index (Phi) is 4.62. The number of hydrogen-bond acceptors (Lipinski definition) is 3. The van der Waals surface area contributed by atoms with Crippen LogP contribution in [0.1, 0.15) is 17.5 Å². The van der Waals surface area contributed by atoms with Crippen LogP contribution in [0.4, 0.5) is 11.4 Å². The van der Waals surface area contributed by atoms with Gasteiger partial charge in [0.1, 0.15) is 11.6 Å². The fraction of sp³-hybridized carbons (Fsp3) is 0.200. The first-order valence-corrected chi connectivity index (χ1v) is 8.02. The second-order valence-corrected chi connectivity index (χ2v) is 5.85. The molecule has 0 radical (unpaired) electrons. The molecule has 4 heteroatoms. The molecule has 3 rings (SSSR count). The summed E-state index contributed by atoms with van der Waals surface area (Å²) in [6, 6.07) is 17.7. The monoisotopic (exact) mass is 317 g/mol. The zero-order valence-corrected chi connectivity index (χ0v) is 13.6. The molecule has 4 nitrogen and oxygen atoms in total. The average Bonchev–Trinajstić information content (AvgIpc) is 2.61. The van der Waals surface area contributed by atoms with Crippen molar-refractivity contribution in [1.29, 1.82) is 5.26 Å². The Bertz CT molecular complexity index is 833. The summed E-state index contributed by atoms with van der Waals surface area (Å²) < 4.78 is 0. The molecule has 120 valence electrons. The van der Waals surface area contributed by atoms with Gasteiger partial charge in [0.25, 0.3) is 5.91 Å². The SMILES string of the molecule is Cc1ccccc1NC(=O)/C(C#N)=C\N1CCCc2ccccc21. The largest absolute Gasteiger partial charge is 0.346 e. The molecule has 0 unspecified atom stereocenters. The lowest BCUT2D eigenvalue weighted by atomic mass is 10.0. The fourth-order valence-corrected chi connectivity index (χ4v) is 2.89. The minimum Gasteiger partial charge on any atom is -0.346 e. The van der Waals surface area contributed by atoms with Crippen molar-refractivity contribution < 1.29 is 4.79 Å². The lowest BCUT2D eigenvalue weighted by Gasteiger charge is -2.28. The van der Waals surface area contributed by atoms with E-state index in [9.17, 15) is 10.1 Å². The molecule has 1 heterocycles. The third-order valence-corrected chi connectivity index (χ3v) is 4.19. The maximum atomic E-state index is 12.5. The maximum Gasteiger partial charge on any atom is 0.267 e. The lowest BCUT2D eigenvalue weighted by molar-refractivity contribution is -0.112. The van der Waals surface area contributed by atoms with Crippen LogP contribution in [0, 0.1) is 18.3 Å². The van der Waals surface area contributed by atoms with E-state index in [0.29, 0.717) is 0 Å². The Balaban J connectivity index is 1.84. The summed E-state index contributed by atoms with van der Waals surface area (Å²) >= 11 is 0. The Morgan fingerprint density at radius 3 is 2.75 bits per heavy atom. The molecule has 1 amide bonds. The number of hydrogen-bond donors (Lipinski definition) is 1. The van der Waals surface area contributed by atoms with Crippen molar-refractivity contribution in [2.45, 2.75) is 19.8 Å². The molecule has 0 bridgehead atoms. The first kappa shape index (κ1) is 15.8. The van der Waals surface area contributed by atoms with Gasteiger partial charge in [0.2, 0.25) is 0 Å². The second kappa shape index (κ2) is 7.01. The van der Waals surface area contributed by atoms with Crippen LogP contribution in [0.15, 0.2) is 60.3 Å². The summed E-state index contributed by atoms with van der Waals surface area (Å²) in [5.41, 5.74) is 4.11. The predicted molar refractivity (Wildman–Crippen MR) is 95.6 cm³/mol. The van der Waals surface area contributed by atoms with Crippen LogP contribution < -0.4 is 10.2 Å². The molecule has 2 aromatic carbocycles. The molecule has 2 aromatic rings. The van der Waals surface area contributed by atoms with Crippen molar-refractivity contribution >= 4 is 17.3 Å². The van der Waals surface area contributed by atoms with Crippen molar-refractivity contribution in [3.05, 3.63) is 71.4 Å². The number of anilines is 2. The first-order valence-electron chi connectivity index (χ1n) is 8.02. The normalized spacial score (nSPS) is 13.8. The highest BCUT2D eigenvalue weighted by atomic mass is 16.1. The molecular weight excluding hydrogens is 298 g/mol. The van der Waals surface area contributed by atoms with Gasteiger partial charge in [0.05, 0.1) is 0 Å². The third kappa shape index (κ3) is 3.31. The standard InChI is InChI=1S/C20H19N3O/c1-15-7-2-4-10-18(15)22-20(24)17(13-21)14-23-12-6-9-16-8-3-5-11-19(16)23/h2-5,7-8,10-11,14H,6,9,12H2,1H3,(H,22,24)/b17-14-. The molecule has 0 aliphatic carbocycles. The van der Waals surface area contributed by atoms with E-state index in [0.717, 1.165) is 36.3 Å². The highest BCUT2D eigenvalue weighted by Crippen LogP contribution is 2.27. The first-order chi connectivity index (χ1) is 11.7. The molecule has 0 saturated heterocycles. The van der Waals surface area contributed by atoms with Crippen molar-refractivity contribution in [3.8, 4) is 6.07 Å². The summed E-state index contributed by atoms with van der Waals surface area (Å²) in [7, 11) is 0. The summed E-state index contributed by atoms with van der Waals surface area (Å²) in [4.78, 5) is 14.4. The number of aryl methyl sites for hydroxylation is 2. The minimum absolute atomic E-state index is 0.106. The summed E-state index contributed by atoms with van der Waals surface area (Å²) in [5.74, 6) is -0.380. The number of fused-ring (bicyclic) bond motifs is 1. The number of amides is 1. The number of carbonyl (C=O) groups excluding carboxylic acids is 1. The average molecular weight is 317 g/mol. The van der Waals surface area contributed by atoms with Crippen molar-refractivity contribution in [1.82, 2.24) is 0 Å². The number of para-hydroxylation sites is 2. The van der Waals surface area contributed by atoms with Gasteiger partial charge in [-0.05, 0) is 43.0 Å². The predicted octanol–water partition coefficient (Wildman–Crippen LogP) is 3.79. The van der Waals surface area contributed by atoms with Gasteiger partial charge in [0, 0.05) is 24.1 Å². The number of rotatable bonds is 3. The molecule has 0 fully saturated rings. The highest BCUT2D eigenvalue weighted by Gasteiger charge is 2.18. The van der Waals surface area contributed by atoms with Crippen LogP contribution in [0.5, 0.6) is 0 Å². The lowest BCUT2D eigenvalue weighted by Crippen LogP contribution is -2.26. The topological polar surface area (TPSA) is 56.1 Å². The zero-order chi connectivity index (χ0) is 16.9. The maximum absolute atomic E-state index is 12.5. The molecule has 0 atom stereocenters. The Hall–Kier alpha value is -3.06. The van der Waals surface area contributed by atoms with E-state index in [1.54, 1.807) is 6.20 Å². The number of nitriles is 1. The molecule has 0 spiro atoms. The Morgan fingerprint density at radius 1 is 1.21 bits per heavy atom. The number of nitrogens with zero attached hydrogens (tertiary/aromatic N) is 2. The molecule has 1 aliphatic heterocycles. The van der Waals surface area contributed by atoms with E-state index in [4.69, 9.17) is 0 Å². The van der Waals surface area contributed by atoms with Gasteiger partial charge < -0.3 is 10.2 Å². The van der Waals surface area contributed by atoms with Gasteiger partial charge in [0.15, 0.2) is 0 Å². The van der Waals surface area contributed by atoms with Crippen LogP contribution in [-0.4, -0.2) is 12.5 Å². The minimum atomic E-state index is -0.380. The van der Waals surface area contributed by atoms with Crippen molar-refractivity contribution in [2.75, 3.05) is 16.8 Å². The van der Waals surface area contributed by atoms with E-state index in [2.05, 4.69) is 11.4 Å². The van der Waals surface area contributed by atoms with Crippen molar-refractivity contribution in [2.24, 2.45) is 0 Å². The van der Waals surface area contributed by atoms with E-state index in [1.165, 1.54) is 5.56 Å². The van der Waals surface area contributed by atoms with Gasteiger partial charge in [-0.1, -0.05) is 36.4 Å². The Morgan fingerprint density at radius 2 is 1.96 bits per heavy atom. The van der Waals surface area contributed by atoms with Crippen molar-refractivity contribution in [3.63, 3.8) is 0 Å². The van der Waals surface area contributed by atoms with E-state index in [1.807, 2.05) is 60.4 Å². The second-order valence-electron chi connectivity index (χ2n) is 5.85. The van der Waals surface area contributed by atoms with Crippen LogP contribution >= 0.6 is 0 Å². The van der Waals surface area contributed by atoms with Gasteiger partial charge in [-0.25, -0.2) is 0 Å². The van der Waals surface area contributed by atoms with Crippen LogP contribution in [0.25, 0.3) is 0 Å². The molecule has 1 N–H and O–H groups in total. The fourth-order valence-electron chi connectivity index (χ4n) is 2.89. The van der Waals surface area contributed by atoms with E-state index in [-0.39, 0.29) is 11.5 Å². The van der Waals surface area contributed by atoms with Crippen LogP contribution in [-0.2, 0) is 11.2 Å². The van der Waals surface area contributed by atoms with E-state index >= 15 is 0 Å². The smallest absolute Gasteiger partial charge is 0.267 e. The summed E-state index contributed by atoms with van der Waals surface area (Å²) in [6.45, 7) is 2.73. The van der Waals surface area contributed by atoms with Crippen LogP contribution in [0.2, 0.25) is 0 Å². The van der Waals surface area contributed by atoms with Gasteiger partial charge in [-0.2, -0.15) is 5.26 Å². The van der Waals surface area contributed by atoms with Crippen LogP contribution in [0.3, 0.4) is 0 Å². The molecule has 1 aliphatic rings. The quantitative estimate of drug-likeness (QED) is 0.692. The number of nitrogens with one attached hydrogen (secondary N) is 1. The summed E-state index contributed by atoms with van der Waals surface area (Å²) in [6.07, 6.45) is 3.69. The number of carbonyl (C=O) groups is 1. The molecule has 0 saturated carbocycles. The third-order valence-electron chi connectivity index (χ3n) is 4.19. The molecular formula is C20H19N3O.